The summed E-state index contributed by atoms with van der Waals surface area (Å²) in [5.41, 5.74) is 1.83. The zero-order valence-electron chi connectivity index (χ0n) is 20.2. The molecule has 0 radical (unpaired) electrons. The van der Waals surface area contributed by atoms with Gasteiger partial charge in [0.2, 0.25) is 21.8 Å². The Morgan fingerprint density at radius 3 is 2.32 bits per heavy atom. The van der Waals surface area contributed by atoms with Gasteiger partial charge in [-0.2, -0.15) is 0 Å². The molecule has 0 saturated carbocycles. The minimum atomic E-state index is -3.81. The Balaban J connectivity index is 2.38. The molecule has 0 saturated heterocycles. The van der Waals surface area contributed by atoms with Crippen LogP contribution in [0.15, 0.2) is 42.5 Å². The summed E-state index contributed by atoms with van der Waals surface area (Å²) in [6, 6.07) is 11.1. The summed E-state index contributed by atoms with van der Waals surface area (Å²) < 4.78 is 31.3. The van der Waals surface area contributed by atoms with Gasteiger partial charge in [0.05, 0.1) is 19.1 Å². The van der Waals surface area contributed by atoms with E-state index in [1.54, 1.807) is 57.4 Å². The number of carbonyl (C=O) groups excluding carboxylic acids is 2. The summed E-state index contributed by atoms with van der Waals surface area (Å²) in [6.45, 7) is 5.48. The van der Waals surface area contributed by atoms with E-state index >= 15 is 0 Å². The third-order valence-corrected chi connectivity index (χ3v) is 6.90. The highest BCUT2D eigenvalue weighted by Crippen LogP contribution is 2.25. The second-order valence-electron chi connectivity index (χ2n) is 8.04. The highest BCUT2D eigenvalue weighted by molar-refractivity contribution is 7.92. The summed E-state index contributed by atoms with van der Waals surface area (Å²) in [4.78, 5) is 27.5. The standard InChI is InChI=1S/C24H32ClN3O5S/c1-6-13-26-24(30)18(3)27(15-19-8-11-21(33-4)12-9-19)23(29)16-28(34(5,31)32)20-10-7-17(2)22(25)14-20/h7-12,14,18H,6,13,15-16H2,1-5H3,(H,26,30)/t18-/m1/s1. The molecule has 2 rings (SSSR count). The first-order valence-corrected chi connectivity index (χ1v) is 13.1. The predicted octanol–water partition coefficient (Wildman–Crippen LogP) is 3.37. The lowest BCUT2D eigenvalue weighted by Crippen LogP contribution is -2.51. The molecule has 0 aliphatic rings. The summed E-state index contributed by atoms with van der Waals surface area (Å²) in [5.74, 6) is -0.167. The number of ether oxygens (including phenoxy) is 1. The van der Waals surface area contributed by atoms with Crippen LogP contribution in [0.1, 0.15) is 31.4 Å². The number of nitrogens with one attached hydrogen (secondary N) is 1. The number of sulfonamides is 1. The van der Waals surface area contributed by atoms with Gasteiger partial charge in [-0.15, -0.1) is 0 Å². The molecular weight excluding hydrogens is 478 g/mol. The number of rotatable bonds is 11. The quantitative estimate of drug-likeness (QED) is 0.501. The monoisotopic (exact) mass is 509 g/mol. The molecular formula is C24H32ClN3O5S. The van der Waals surface area contributed by atoms with Crippen LogP contribution in [0.3, 0.4) is 0 Å². The van der Waals surface area contributed by atoms with Gasteiger partial charge in [-0.3, -0.25) is 13.9 Å². The molecule has 1 atom stereocenters. The molecule has 1 N–H and O–H groups in total. The van der Waals surface area contributed by atoms with Gasteiger partial charge in [-0.05, 0) is 55.7 Å². The number of carbonyl (C=O) groups is 2. The average molecular weight is 510 g/mol. The first kappa shape index (κ1) is 27.5. The lowest BCUT2D eigenvalue weighted by atomic mass is 10.1. The Morgan fingerprint density at radius 2 is 1.79 bits per heavy atom. The number of methoxy groups -OCH3 is 1. The van der Waals surface area contributed by atoms with Crippen molar-refractivity contribution >= 4 is 39.1 Å². The number of halogens is 1. The Morgan fingerprint density at radius 1 is 1.15 bits per heavy atom. The zero-order valence-corrected chi connectivity index (χ0v) is 21.7. The average Bonchev–Trinajstić information content (AvgIpc) is 2.80. The summed E-state index contributed by atoms with van der Waals surface area (Å²) >= 11 is 6.20. The SMILES string of the molecule is CCCNC(=O)[C@@H](C)N(Cc1ccc(OC)cc1)C(=O)CN(c1ccc(C)c(Cl)c1)S(C)(=O)=O. The third-order valence-electron chi connectivity index (χ3n) is 5.35. The molecule has 0 aromatic heterocycles. The van der Waals surface area contributed by atoms with Gasteiger partial charge in [-0.25, -0.2) is 8.42 Å². The molecule has 2 amide bonds. The first-order valence-electron chi connectivity index (χ1n) is 10.9. The maximum Gasteiger partial charge on any atom is 0.244 e. The maximum atomic E-state index is 13.5. The molecule has 0 aliphatic heterocycles. The molecule has 186 valence electrons. The van der Waals surface area contributed by atoms with Crippen LogP contribution >= 0.6 is 11.6 Å². The number of amides is 2. The lowest BCUT2D eigenvalue weighted by Gasteiger charge is -2.31. The van der Waals surface area contributed by atoms with Gasteiger partial charge in [0.25, 0.3) is 0 Å². The van der Waals surface area contributed by atoms with Crippen molar-refractivity contribution in [1.82, 2.24) is 10.2 Å². The highest BCUT2D eigenvalue weighted by atomic mass is 35.5. The number of benzene rings is 2. The van der Waals surface area contributed by atoms with Gasteiger partial charge in [0.15, 0.2) is 0 Å². The van der Waals surface area contributed by atoms with Crippen LogP contribution in [0.5, 0.6) is 5.75 Å². The van der Waals surface area contributed by atoms with E-state index in [1.807, 2.05) is 6.92 Å². The smallest absolute Gasteiger partial charge is 0.244 e. The molecule has 2 aromatic rings. The van der Waals surface area contributed by atoms with Gasteiger partial charge in [0.1, 0.15) is 18.3 Å². The maximum absolute atomic E-state index is 13.5. The molecule has 0 spiro atoms. The normalized spacial score (nSPS) is 12.1. The Hall–Kier alpha value is -2.78. The van der Waals surface area contributed by atoms with E-state index in [2.05, 4.69) is 5.32 Å². The fraction of sp³-hybridized carbons (Fsp3) is 0.417. The van der Waals surface area contributed by atoms with E-state index in [0.717, 1.165) is 28.1 Å². The molecule has 34 heavy (non-hydrogen) atoms. The molecule has 0 bridgehead atoms. The highest BCUT2D eigenvalue weighted by Gasteiger charge is 2.30. The van der Waals surface area contributed by atoms with Crippen molar-refractivity contribution in [3.8, 4) is 5.75 Å². The van der Waals surface area contributed by atoms with Crippen LogP contribution in [-0.4, -0.2) is 57.6 Å². The Labute approximate surface area is 206 Å². The number of hydrogen-bond donors (Lipinski definition) is 1. The van der Waals surface area contributed by atoms with Crippen LogP contribution in [-0.2, 0) is 26.2 Å². The van der Waals surface area contributed by atoms with Crippen LogP contribution in [0.25, 0.3) is 0 Å². The van der Waals surface area contributed by atoms with Crippen LogP contribution in [0.4, 0.5) is 5.69 Å². The van der Waals surface area contributed by atoms with Crippen molar-refractivity contribution in [3.05, 3.63) is 58.6 Å². The number of aryl methyl sites for hydroxylation is 1. The summed E-state index contributed by atoms with van der Waals surface area (Å²) in [5, 5.41) is 3.19. The van der Waals surface area contributed by atoms with Crippen molar-refractivity contribution in [1.29, 1.82) is 0 Å². The summed E-state index contributed by atoms with van der Waals surface area (Å²) in [7, 11) is -2.25. The van der Waals surface area contributed by atoms with E-state index in [0.29, 0.717) is 17.3 Å². The predicted molar refractivity (Wildman–Crippen MR) is 135 cm³/mol. The van der Waals surface area contributed by atoms with Crippen molar-refractivity contribution in [2.45, 2.75) is 39.8 Å². The summed E-state index contributed by atoms with van der Waals surface area (Å²) in [6.07, 6.45) is 1.78. The Bertz CT molecular complexity index is 1110. The third kappa shape index (κ3) is 7.36. The van der Waals surface area contributed by atoms with E-state index < -0.39 is 28.5 Å². The first-order chi connectivity index (χ1) is 16.0. The number of nitrogens with zero attached hydrogens (tertiary/aromatic N) is 2. The molecule has 0 fully saturated rings. The fourth-order valence-corrected chi connectivity index (χ4v) is 4.27. The van der Waals surface area contributed by atoms with Crippen molar-refractivity contribution in [2.24, 2.45) is 0 Å². The minimum absolute atomic E-state index is 0.121. The van der Waals surface area contributed by atoms with E-state index in [1.165, 1.54) is 11.0 Å². The second-order valence-corrected chi connectivity index (χ2v) is 10.4. The van der Waals surface area contributed by atoms with E-state index in [4.69, 9.17) is 16.3 Å². The van der Waals surface area contributed by atoms with Gasteiger partial charge < -0.3 is 15.0 Å². The van der Waals surface area contributed by atoms with Gasteiger partial charge in [-0.1, -0.05) is 36.7 Å². The Kier molecular flexibility index (Phi) is 9.76. The lowest BCUT2D eigenvalue weighted by molar-refractivity contribution is -0.139. The van der Waals surface area contributed by atoms with Crippen LogP contribution in [0, 0.1) is 6.92 Å². The second kappa shape index (κ2) is 12.1. The van der Waals surface area contributed by atoms with Crippen molar-refractivity contribution < 1.29 is 22.7 Å². The fourth-order valence-electron chi connectivity index (χ4n) is 3.26. The minimum Gasteiger partial charge on any atom is -0.497 e. The molecule has 10 heteroatoms. The number of anilines is 1. The van der Waals surface area contributed by atoms with Crippen molar-refractivity contribution in [2.75, 3.05) is 30.8 Å². The van der Waals surface area contributed by atoms with E-state index in [9.17, 15) is 18.0 Å². The van der Waals surface area contributed by atoms with Crippen LogP contribution in [0.2, 0.25) is 5.02 Å². The van der Waals surface area contributed by atoms with E-state index in [-0.39, 0.29) is 18.1 Å². The zero-order chi connectivity index (χ0) is 25.5. The molecule has 0 unspecified atom stereocenters. The van der Waals surface area contributed by atoms with Gasteiger partial charge >= 0.3 is 0 Å². The number of hydrogen-bond acceptors (Lipinski definition) is 5. The molecule has 0 heterocycles. The topological polar surface area (TPSA) is 96.0 Å². The van der Waals surface area contributed by atoms with Crippen molar-refractivity contribution in [3.63, 3.8) is 0 Å². The molecule has 2 aromatic carbocycles. The molecule has 0 aliphatic carbocycles. The largest absolute Gasteiger partial charge is 0.497 e. The van der Waals surface area contributed by atoms with Gasteiger partial charge in [0, 0.05) is 18.1 Å². The van der Waals surface area contributed by atoms with Crippen LogP contribution < -0.4 is 14.4 Å². The molecule has 8 nitrogen and oxygen atoms in total.